The van der Waals surface area contributed by atoms with E-state index in [2.05, 4.69) is 5.32 Å². The summed E-state index contributed by atoms with van der Waals surface area (Å²) in [6.07, 6.45) is 1.41. The summed E-state index contributed by atoms with van der Waals surface area (Å²) >= 11 is 6.17. The Hall–Kier alpha value is -4.44. The van der Waals surface area contributed by atoms with Gasteiger partial charge >= 0.3 is 6.03 Å². The Labute approximate surface area is 210 Å². The van der Waals surface area contributed by atoms with Crippen LogP contribution in [-0.2, 0) is 9.59 Å². The third kappa shape index (κ3) is 4.11. The summed E-state index contributed by atoms with van der Waals surface area (Å²) in [5, 5.41) is 13.7. The van der Waals surface area contributed by atoms with Crippen LogP contribution in [-0.4, -0.2) is 34.4 Å². The zero-order chi connectivity index (χ0) is 26.3. The van der Waals surface area contributed by atoms with Crippen LogP contribution in [0.5, 0.6) is 5.75 Å². The van der Waals surface area contributed by atoms with E-state index in [-0.39, 0.29) is 22.7 Å². The van der Waals surface area contributed by atoms with E-state index in [0.29, 0.717) is 27.5 Å². The highest BCUT2D eigenvalue weighted by molar-refractivity contribution is 6.40. The van der Waals surface area contributed by atoms with Crippen molar-refractivity contribution in [2.45, 2.75) is 20.8 Å². The molecule has 0 spiro atoms. The Morgan fingerprint density at radius 2 is 1.78 bits per heavy atom. The van der Waals surface area contributed by atoms with Gasteiger partial charge in [0.1, 0.15) is 11.3 Å². The van der Waals surface area contributed by atoms with Crippen LogP contribution in [0, 0.1) is 30.9 Å². The standard InChI is InChI=1S/C25H21ClN4O6/c1-13-10-16(15(3)28(13)21-9-8-17(30(34)35)12-22(21)36-4)11-18-23(31)27-25(33)29(24(18)32)20-7-5-6-19(26)14(20)2/h5-12H,1-4H3,(H,27,31,33)/b18-11+. The molecule has 0 radical (unpaired) electrons. The maximum Gasteiger partial charge on any atom is 0.335 e. The van der Waals surface area contributed by atoms with Crippen LogP contribution in [0.4, 0.5) is 16.2 Å². The summed E-state index contributed by atoms with van der Waals surface area (Å²) in [6, 6.07) is 9.95. The second kappa shape index (κ2) is 9.31. The molecule has 184 valence electrons. The Bertz CT molecular complexity index is 1490. The van der Waals surface area contributed by atoms with E-state index in [1.165, 1.54) is 25.3 Å². The number of amides is 4. The van der Waals surface area contributed by atoms with Gasteiger partial charge in [-0.1, -0.05) is 17.7 Å². The van der Waals surface area contributed by atoms with E-state index in [9.17, 15) is 24.5 Å². The molecule has 1 N–H and O–H groups in total. The number of nitrogens with zero attached hydrogens (tertiary/aromatic N) is 3. The van der Waals surface area contributed by atoms with Gasteiger partial charge in [-0.2, -0.15) is 0 Å². The van der Waals surface area contributed by atoms with Crippen molar-refractivity contribution in [1.82, 2.24) is 9.88 Å². The monoisotopic (exact) mass is 508 g/mol. The molecule has 10 nitrogen and oxygen atoms in total. The van der Waals surface area contributed by atoms with E-state index in [4.69, 9.17) is 16.3 Å². The van der Waals surface area contributed by atoms with Gasteiger partial charge in [0.15, 0.2) is 0 Å². The van der Waals surface area contributed by atoms with Crippen LogP contribution in [0.3, 0.4) is 0 Å². The average molecular weight is 509 g/mol. The number of imide groups is 2. The number of nitro groups is 1. The summed E-state index contributed by atoms with van der Waals surface area (Å²) in [4.78, 5) is 50.1. The molecule has 0 aliphatic carbocycles. The van der Waals surface area contributed by atoms with Gasteiger partial charge in [-0.25, -0.2) is 9.69 Å². The fourth-order valence-electron chi connectivity index (χ4n) is 4.14. The Morgan fingerprint density at radius 1 is 1.06 bits per heavy atom. The average Bonchev–Trinajstić information content (AvgIpc) is 3.11. The van der Waals surface area contributed by atoms with Crippen LogP contribution >= 0.6 is 11.6 Å². The Kier molecular flexibility index (Phi) is 6.38. The molecular formula is C25H21ClN4O6. The number of aryl methyl sites for hydroxylation is 1. The molecule has 0 unspecified atom stereocenters. The predicted molar refractivity (Wildman–Crippen MR) is 134 cm³/mol. The lowest BCUT2D eigenvalue weighted by atomic mass is 10.1. The lowest BCUT2D eigenvalue weighted by Gasteiger charge is -2.27. The van der Waals surface area contributed by atoms with Gasteiger partial charge in [0.2, 0.25) is 0 Å². The number of barbiturate groups is 1. The molecule has 11 heteroatoms. The van der Waals surface area contributed by atoms with Crippen molar-refractivity contribution in [3.8, 4) is 11.4 Å². The first-order valence-corrected chi connectivity index (χ1v) is 11.1. The smallest absolute Gasteiger partial charge is 0.335 e. The SMILES string of the molecule is COc1cc([N+](=O)[O-])ccc1-n1c(C)cc(/C=C2\C(=O)NC(=O)N(c3cccc(Cl)c3C)C2=O)c1C. The van der Waals surface area contributed by atoms with Gasteiger partial charge in [0, 0.05) is 22.5 Å². The third-order valence-corrected chi connectivity index (χ3v) is 6.38. The number of benzene rings is 2. The third-order valence-electron chi connectivity index (χ3n) is 5.97. The van der Waals surface area contributed by atoms with Gasteiger partial charge in [-0.05, 0) is 62.2 Å². The number of hydrogen-bond donors (Lipinski definition) is 1. The number of nitro benzene ring substituents is 1. The van der Waals surface area contributed by atoms with Crippen molar-refractivity contribution < 1.29 is 24.0 Å². The van der Waals surface area contributed by atoms with Gasteiger partial charge in [-0.3, -0.25) is 25.0 Å². The van der Waals surface area contributed by atoms with Crippen molar-refractivity contribution in [3.05, 3.63) is 85.7 Å². The predicted octanol–water partition coefficient (Wildman–Crippen LogP) is 4.64. The van der Waals surface area contributed by atoms with E-state index < -0.39 is 22.8 Å². The molecule has 2 aromatic carbocycles. The number of aromatic nitrogens is 1. The van der Waals surface area contributed by atoms with Crippen LogP contribution in [0.25, 0.3) is 11.8 Å². The highest BCUT2D eigenvalue weighted by Crippen LogP contribution is 2.33. The molecule has 1 fully saturated rings. The zero-order valence-corrected chi connectivity index (χ0v) is 20.5. The first kappa shape index (κ1) is 24.7. The fourth-order valence-corrected chi connectivity index (χ4v) is 4.31. The van der Waals surface area contributed by atoms with Crippen molar-refractivity contribution >= 4 is 46.9 Å². The minimum atomic E-state index is -0.867. The Morgan fingerprint density at radius 3 is 2.44 bits per heavy atom. The van der Waals surface area contributed by atoms with Crippen LogP contribution in [0.15, 0.2) is 48.0 Å². The van der Waals surface area contributed by atoms with Gasteiger partial charge in [0.25, 0.3) is 17.5 Å². The fraction of sp³-hybridized carbons (Fsp3) is 0.160. The maximum atomic E-state index is 13.3. The Balaban J connectivity index is 1.80. The molecule has 1 aliphatic heterocycles. The zero-order valence-electron chi connectivity index (χ0n) is 19.8. The summed E-state index contributed by atoms with van der Waals surface area (Å²) < 4.78 is 7.17. The normalized spacial score (nSPS) is 14.9. The first-order valence-electron chi connectivity index (χ1n) is 10.7. The molecule has 0 bridgehead atoms. The first-order chi connectivity index (χ1) is 17.0. The highest BCUT2D eigenvalue weighted by Gasteiger charge is 2.38. The summed E-state index contributed by atoms with van der Waals surface area (Å²) in [7, 11) is 1.41. The van der Waals surface area contributed by atoms with E-state index in [1.807, 2.05) is 6.92 Å². The van der Waals surface area contributed by atoms with E-state index in [1.54, 1.807) is 48.7 Å². The van der Waals surface area contributed by atoms with Gasteiger partial charge < -0.3 is 9.30 Å². The number of anilines is 1. The number of halogens is 1. The number of rotatable bonds is 5. The number of carbonyl (C=O) groups excluding carboxylic acids is 3. The molecular weight excluding hydrogens is 488 g/mol. The second-order valence-corrected chi connectivity index (χ2v) is 8.52. The number of ether oxygens (including phenoxy) is 1. The number of carbonyl (C=O) groups is 3. The molecule has 4 rings (SSSR count). The van der Waals surface area contributed by atoms with Crippen LogP contribution < -0.4 is 15.0 Å². The molecule has 1 aromatic heterocycles. The van der Waals surface area contributed by atoms with Crippen molar-refractivity contribution in [2.75, 3.05) is 12.0 Å². The molecule has 2 heterocycles. The molecule has 0 atom stereocenters. The van der Waals surface area contributed by atoms with E-state index in [0.717, 1.165) is 10.6 Å². The van der Waals surface area contributed by atoms with Crippen LogP contribution in [0.2, 0.25) is 5.02 Å². The van der Waals surface area contributed by atoms with Gasteiger partial charge in [-0.15, -0.1) is 0 Å². The number of methoxy groups -OCH3 is 1. The van der Waals surface area contributed by atoms with Gasteiger partial charge in [0.05, 0.1) is 29.5 Å². The number of hydrogen-bond acceptors (Lipinski definition) is 6. The quantitative estimate of drug-likeness (QED) is 0.232. The van der Waals surface area contributed by atoms with E-state index >= 15 is 0 Å². The minimum absolute atomic E-state index is 0.119. The molecule has 1 aliphatic rings. The maximum absolute atomic E-state index is 13.3. The lowest BCUT2D eigenvalue weighted by Crippen LogP contribution is -2.54. The molecule has 3 aromatic rings. The topological polar surface area (TPSA) is 124 Å². The van der Waals surface area contributed by atoms with Crippen LogP contribution in [0.1, 0.15) is 22.5 Å². The lowest BCUT2D eigenvalue weighted by molar-refractivity contribution is -0.384. The number of non-ortho nitro benzene ring substituents is 1. The molecule has 4 amide bonds. The number of nitrogens with one attached hydrogen (secondary N) is 1. The van der Waals surface area contributed by atoms with Crippen molar-refractivity contribution in [3.63, 3.8) is 0 Å². The summed E-state index contributed by atoms with van der Waals surface area (Å²) in [5.74, 6) is -1.32. The number of urea groups is 1. The highest BCUT2D eigenvalue weighted by atomic mass is 35.5. The molecule has 1 saturated heterocycles. The van der Waals surface area contributed by atoms with Crippen molar-refractivity contribution in [1.29, 1.82) is 0 Å². The summed E-state index contributed by atoms with van der Waals surface area (Å²) in [6.45, 7) is 5.25. The van der Waals surface area contributed by atoms with Crippen molar-refractivity contribution in [2.24, 2.45) is 0 Å². The molecule has 0 saturated carbocycles. The largest absolute Gasteiger partial charge is 0.494 e. The minimum Gasteiger partial charge on any atom is -0.494 e. The second-order valence-electron chi connectivity index (χ2n) is 8.12. The summed E-state index contributed by atoms with van der Waals surface area (Å²) in [5.41, 5.74) is 2.90. The molecule has 36 heavy (non-hydrogen) atoms.